The van der Waals surface area contributed by atoms with Gasteiger partial charge in [-0.1, -0.05) is 187 Å². The highest BCUT2D eigenvalue weighted by molar-refractivity contribution is 4.81. The molecule has 0 N–H and O–H groups in total. The van der Waals surface area contributed by atoms with Crippen LogP contribution < -0.4 is 0 Å². The van der Waals surface area contributed by atoms with Crippen LogP contribution in [0, 0.1) is 5.92 Å². The lowest BCUT2D eigenvalue weighted by molar-refractivity contribution is 0.432. The van der Waals surface area contributed by atoms with Crippen molar-refractivity contribution in [1.82, 2.24) is 0 Å². The van der Waals surface area contributed by atoms with Crippen molar-refractivity contribution in [3.8, 4) is 0 Å². The van der Waals surface area contributed by atoms with Crippen molar-refractivity contribution in [1.29, 1.82) is 0 Å². The Morgan fingerprint density at radius 2 is 0.618 bits per heavy atom. The molecule has 0 aromatic heterocycles. The number of unbranched alkanes of at least 4 members (excludes halogenated alkanes) is 23. The molecule has 0 aliphatic heterocycles. The third-order valence-corrected chi connectivity index (χ3v) is 7.76. The molecular weight excluding hydrogens is 408 g/mol. The van der Waals surface area contributed by atoms with E-state index in [4.69, 9.17) is 0 Å². The molecule has 204 valence electrons. The molecule has 0 saturated carbocycles. The Labute approximate surface area is 218 Å². The minimum absolute atomic E-state index is 0.953. The molecule has 0 aromatic carbocycles. The summed E-state index contributed by atoms with van der Waals surface area (Å²) < 4.78 is 0. The zero-order valence-electron chi connectivity index (χ0n) is 24.5. The summed E-state index contributed by atoms with van der Waals surface area (Å²) in [6, 6.07) is 0. The summed E-state index contributed by atoms with van der Waals surface area (Å²) >= 11 is 0. The van der Waals surface area contributed by atoms with Gasteiger partial charge in [-0.15, -0.1) is 0 Å². The van der Waals surface area contributed by atoms with Gasteiger partial charge in [-0.2, -0.15) is 0 Å². The van der Waals surface area contributed by atoms with Gasteiger partial charge >= 0.3 is 0 Å². The van der Waals surface area contributed by atoms with Gasteiger partial charge in [-0.05, 0) is 31.6 Å². The van der Waals surface area contributed by atoms with Crippen molar-refractivity contribution < 1.29 is 0 Å². The molecule has 0 bridgehead atoms. The molecule has 34 heavy (non-hydrogen) atoms. The Morgan fingerprint density at radius 3 is 0.941 bits per heavy atom. The molecule has 0 saturated heterocycles. The van der Waals surface area contributed by atoms with E-state index in [1.54, 1.807) is 0 Å². The average Bonchev–Trinajstić information content (AvgIpc) is 2.84. The Morgan fingerprint density at radius 1 is 0.353 bits per heavy atom. The second-order valence-corrected chi connectivity index (χ2v) is 11.5. The van der Waals surface area contributed by atoms with E-state index < -0.39 is 0 Å². The quantitative estimate of drug-likeness (QED) is 0.0743. The smallest absolute Gasteiger partial charge is 0.0351 e. The predicted molar refractivity (Wildman–Crippen MR) is 159 cm³/mol. The van der Waals surface area contributed by atoms with E-state index >= 15 is 0 Å². The van der Waals surface area contributed by atoms with Gasteiger partial charge < -0.3 is 0 Å². The highest BCUT2D eigenvalue weighted by Crippen LogP contribution is 2.19. The predicted octanol–water partition coefficient (Wildman–Crippen LogP) is 13.1. The average molecular weight is 477 g/mol. The molecule has 1 unspecified atom stereocenters. The van der Waals surface area contributed by atoms with Gasteiger partial charge in [0, 0.05) is 0 Å². The van der Waals surface area contributed by atoms with Crippen molar-refractivity contribution in [3.05, 3.63) is 12.2 Å². The molecule has 0 rings (SSSR count). The Hall–Kier alpha value is -0.260. The van der Waals surface area contributed by atoms with Crippen molar-refractivity contribution in [2.75, 3.05) is 0 Å². The van der Waals surface area contributed by atoms with Gasteiger partial charge in [0.25, 0.3) is 0 Å². The first-order chi connectivity index (χ1) is 16.8. The minimum Gasteiger partial charge on any atom is -0.0885 e. The molecule has 0 aromatic rings. The van der Waals surface area contributed by atoms with E-state index in [-0.39, 0.29) is 0 Å². The van der Waals surface area contributed by atoms with Crippen LogP contribution in [-0.2, 0) is 0 Å². The fourth-order valence-electron chi connectivity index (χ4n) is 5.22. The SMILES string of the molecule is CCCCCCCC/C=C\CCCCCCC(C)CCCCCCCCCCCCCCCC. The molecule has 0 aliphatic carbocycles. The molecule has 0 spiro atoms. The van der Waals surface area contributed by atoms with Crippen molar-refractivity contribution in [3.63, 3.8) is 0 Å². The maximum Gasteiger partial charge on any atom is -0.0351 e. The maximum absolute atomic E-state index is 2.49. The van der Waals surface area contributed by atoms with E-state index in [2.05, 4.69) is 32.9 Å². The van der Waals surface area contributed by atoms with Gasteiger partial charge in [0.15, 0.2) is 0 Å². The van der Waals surface area contributed by atoms with Crippen molar-refractivity contribution in [2.24, 2.45) is 5.92 Å². The molecule has 0 radical (unpaired) electrons. The third-order valence-electron chi connectivity index (χ3n) is 7.76. The topological polar surface area (TPSA) is 0 Å². The molecule has 0 amide bonds. The van der Waals surface area contributed by atoms with E-state index in [9.17, 15) is 0 Å². The lowest BCUT2D eigenvalue weighted by Gasteiger charge is -2.11. The lowest BCUT2D eigenvalue weighted by atomic mass is 9.96. The maximum atomic E-state index is 2.49. The minimum atomic E-state index is 0.953. The molecular formula is C34H68. The highest BCUT2D eigenvalue weighted by Gasteiger charge is 2.02. The number of hydrogen-bond acceptors (Lipinski definition) is 0. The molecule has 0 fully saturated rings. The highest BCUT2D eigenvalue weighted by atomic mass is 14.1. The van der Waals surface area contributed by atoms with Crippen LogP contribution in [0.5, 0.6) is 0 Å². The largest absolute Gasteiger partial charge is 0.0885 e. The third kappa shape index (κ3) is 29.8. The van der Waals surface area contributed by atoms with Crippen molar-refractivity contribution in [2.45, 2.75) is 201 Å². The number of hydrogen-bond donors (Lipinski definition) is 0. The van der Waals surface area contributed by atoms with Gasteiger partial charge in [0.05, 0.1) is 0 Å². The molecule has 0 heterocycles. The lowest BCUT2D eigenvalue weighted by Crippen LogP contribution is -1.95. The van der Waals surface area contributed by atoms with Crippen LogP contribution in [0.1, 0.15) is 201 Å². The van der Waals surface area contributed by atoms with E-state index in [1.807, 2.05) is 0 Å². The van der Waals surface area contributed by atoms with Gasteiger partial charge in [0.1, 0.15) is 0 Å². The summed E-state index contributed by atoms with van der Waals surface area (Å²) in [6.07, 6.45) is 45.3. The summed E-state index contributed by atoms with van der Waals surface area (Å²) in [5, 5.41) is 0. The van der Waals surface area contributed by atoms with E-state index in [0.29, 0.717) is 0 Å². The zero-order valence-corrected chi connectivity index (χ0v) is 24.5. The number of rotatable bonds is 29. The first kappa shape index (κ1) is 33.7. The van der Waals surface area contributed by atoms with Crippen LogP contribution in [-0.4, -0.2) is 0 Å². The second-order valence-electron chi connectivity index (χ2n) is 11.5. The molecule has 0 nitrogen and oxygen atoms in total. The van der Waals surface area contributed by atoms with Crippen LogP contribution >= 0.6 is 0 Å². The summed E-state index contributed by atoms with van der Waals surface area (Å²) in [7, 11) is 0. The summed E-state index contributed by atoms with van der Waals surface area (Å²) in [5.41, 5.74) is 0. The Balaban J connectivity index is 3.19. The molecule has 1 atom stereocenters. The first-order valence-electron chi connectivity index (χ1n) is 16.5. The van der Waals surface area contributed by atoms with Gasteiger partial charge in [-0.25, -0.2) is 0 Å². The fraction of sp³-hybridized carbons (Fsp3) is 0.941. The molecule has 0 heteroatoms. The van der Waals surface area contributed by atoms with Crippen LogP contribution in [0.15, 0.2) is 12.2 Å². The van der Waals surface area contributed by atoms with Gasteiger partial charge in [0.2, 0.25) is 0 Å². The van der Waals surface area contributed by atoms with Crippen LogP contribution in [0.25, 0.3) is 0 Å². The van der Waals surface area contributed by atoms with E-state index in [1.165, 1.54) is 180 Å². The van der Waals surface area contributed by atoms with Crippen LogP contribution in [0.3, 0.4) is 0 Å². The fourth-order valence-corrected chi connectivity index (χ4v) is 5.22. The summed E-state index contributed by atoms with van der Waals surface area (Å²) in [4.78, 5) is 0. The van der Waals surface area contributed by atoms with Crippen LogP contribution in [0.2, 0.25) is 0 Å². The van der Waals surface area contributed by atoms with Crippen LogP contribution in [0.4, 0.5) is 0 Å². The monoisotopic (exact) mass is 477 g/mol. The second kappa shape index (κ2) is 30.8. The van der Waals surface area contributed by atoms with E-state index in [0.717, 1.165) is 5.92 Å². The normalized spacial score (nSPS) is 12.7. The first-order valence-corrected chi connectivity index (χ1v) is 16.5. The molecule has 0 aliphatic rings. The van der Waals surface area contributed by atoms with Crippen molar-refractivity contribution >= 4 is 0 Å². The Kier molecular flexibility index (Phi) is 30.5. The summed E-state index contributed by atoms with van der Waals surface area (Å²) in [6.45, 7) is 7.10. The van der Waals surface area contributed by atoms with Gasteiger partial charge in [-0.3, -0.25) is 0 Å². The summed E-state index contributed by atoms with van der Waals surface area (Å²) in [5.74, 6) is 0.953. The standard InChI is InChI=1S/C34H68/c1-4-6-8-10-12-14-16-18-20-22-24-26-28-30-32-34(3)33-31-29-27-25-23-21-19-17-15-13-11-9-7-5-2/h18,20,34H,4-17,19,21-33H2,1-3H3/b20-18-. The zero-order chi connectivity index (χ0) is 24.8. The number of allylic oxidation sites excluding steroid dienone is 2. The Bertz CT molecular complexity index is 368.